The van der Waals surface area contributed by atoms with E-state index in [0.29, 0.717) is 11.8 Å². The van der Waals surface area contributed by atoms with Gasteiger partial charge < -0.3 is 9.80 Å². The molecule has 4 heteroatoms. The lowest BCUT2D eigenvalue weighted by Gasteiger charge is -2.47. The second-order valence-corrected chi connectivity index (χ2v) is 29.6. The fourth-order valence-electron chi connectivity index (χ4n) is 14.4. The normalized spacial score (nSPS) is 21.0. The van der Waals surface area contributed by atoms with Gasteiger partial charge in [-0.25, -0.2) is 0 Å². The van der Waals surface area contributed by atoms with Gasteiger partial charge in [-0.15, -0.1) is 11.3 Å². The van der Waals surface area contributed by atoms with E-state index < -0.39 is 0 Å². The first-order valence-corrected chi connectivity index (χ1v) is 28.9. The van der Waals surface area contributed by atoms with Gasteiger partial charge in [0.25, 0.3) is 6.71 Å². The van der Waals surface area contributed by atoms with Crippen LogP contribution in [0.5, 0.6) is 0 Å². The first-order valence-electron chi connectivity index (χ1n) is 28.1. The minimum absolute atomic E-state index is 0.0199. The van der Waals surface area contributed by atoms with Crippen LogP contribution >= 0.6 is 11.3 Å². The Balaban J connectivity index is 1.21. The maximum atomic E-state index is 2.76. The third kappa shape index (κ3) is 7.43. The van der Waals surface area contributed by atoms with Crippen LogP contribution in [0.1, 0.15) is 211 Å². The van der Waals surface area contributed by atoms with Crippen molar-refractivity contribution in [2.24, 2.45) is 0 Å². The summed E-state index contributed by atoms with van der Waals surface area (Å²) in [4.78, 5) is 5.51. The molecule has 0 N–H and O–H groups in total. The van der Waals surface area contributed by atoms with Gasteiger partial charge in [-0.3, -0.25) is 0 Å². The average Bonchev–Trinajstić information content (AvgIpc) is 3.69. The van der Waals surface area contributed by atoms with E-state index in [2.05, 4.69) is 236 Å². The van der Waals surface area contributed by atoms with E-state index in [1.807, 2.05) is 0 Å². The SMILES string of the molecule is Cc1cc2c3c(c1)N(c1ccc4c(c1)C(C)(C)CCC4(C)C)c1c(sc4cc5c(cc14)C(C)CCC5C)B3c1cc(C(C)(C)C)ccc1N2c1ccc2c(c1-c1ccc(C(C)(C)C)cc1)C(C)(C)CCC2(C)C. The molecule has 0 bridgehead atoms. The summed E-state index contributed by atoms with van der Waals surface area (Å²) in [6.07, 6.45) is 7.22. The van der Waals surface area contributed by atoms with Gasteiger partial charge in [0.1, 0.15) is 0 Å². The molecule has 5 aliphatic rings. The van der Waals surface area contributed by atoms with Crippen LogP contribution in [0.25, 0.3) is 21.2 Å². The van der Waals surface area contributed by atoms with Crippen molar-refractivity contribution in [2.45, 2.75) is 201 Å². The largest absolute Gasteiger partial charge is 0.311 e. The van der Waals surface area contributed by atoms with Gasteiger partial charge in [0.2, 0.25) is 0 Å². The molecule has 2 atom stereocenters. The lowest BCUT2D eigenvalue weighted by atomic mass is 9.36. The van der Waals surface area contributed by atoms with Crippen molar-refractivity contribution < 1.29 is 0 Å². The molecule has 12 rings (SSSR count). The van der Waals surface area contributed by atoms with Crippen molar-refractivity contribution in [2.75, 3.05) is 9.80 Å². The second-order valence-electron chi connectivity index (χ2n) is 28.5. The molecule has 2 aliphatic heterocycles. The van der Waals surface area contributed by atoms with Crippen LogP contribution in [0.3, 0.4) is 0 Å². The fraction of sp³-hybridized carbons (Fsp3) is 0.449. The van der Waals surface area contributed by atoms with Gasteiger partial charge in [0.15, 0.2) is 0 Å². The highest BCUT2D eigenvalue weighted by Gasteiger charge is 2.48. The molecular formula is C69H81BN2S. The minimum atomic E-state index is -0.0314. The van der Waals surface area contributed by atoms with Crippen molar-refractivity contribution in [3.05, 3.63) is 147 Å². The zero-order chi connectivity index (χ0) is 51.9. The zero-order valence-corrected chi connectivity index (χ0v) is 48.3. The Morgan fingerprint density at radius 3 is 1.73 bits per heavy atom. The van der Waals surface area contributed by atoms with E-state index in [1.54, 1.807) is 11.1 Å². The number of rotatable bonds is 3. The molecule has 73 heavy (non-hydrogen) atoms. The van der Waals surface area contributed by atoms with Crippen molar-refractivity contribution in [1.29, 1.82) is 0 Å². The van der Waals surface area contributed by atoms with E-state index in [9.17, 15) is 0 Å². The number of hydrogen-bond acceptors (Lipinski definition) is 3. The van der Waals surface area contributed by atoms with Crippen LogP contribution in [0, 0.1) is 6.92 Å². The van der Waals surface area contributed by atoms with Gasteiger partial charge in [-0.2, -0.15) is 0 Å². The van der Waals surface area contributed by atoms with Gasteiger partial charge in [0.05, 0.1) is 11.4 Å². The third-order valence-electron chi connectivity index (χ3n) is 19.3. The van der Waals surface area contributed by atoms with Crippen LogP contribution < -0.4 is 25.5 Å². The van der Waals surface area contributed by atoms with Crippen LogP contribution in [-0.2, 0) is 32.5 Å². The molecule has 376 valence electrons. The molecule has 7 aromatic rings. The molecule has 0 fully saturated rings. The fourth-order valence-corrected chi connectivity index (χ4v) is 15.8. The molecule has 1 aromatic heterocycles. The van der Waals surface area contributed by atoms with Crippen LogP contribution in [0.15, 0.2) is 97.1 Å². The van der Waals surface area contributed by atoms with Crippen molar-refractivity contribution in [3.8, 4) is 11.1 Å². The molecule has 2 nitrogen and oxygen atoms in total. The lowest BCUT2D eigenvalue weighted by Crippen LogP contribution is -2.60. The molecule has 0 saturated heterocycles. The standard InChI is InChI=1S/C69H81BN2S/c1-40-34-56-61-57(35-40)72(55-29-27-51-60(69(16,17)33-32-67(51,12)13)59(55)43-20-22-44(23-21-43)64(4,5)6)54-28-24-45(65(7,8)9)36-53(54)70(61)63-62(49-38-47-41(2)18-19-42(3)48(47)39-58(49)73-63)71(56)46-25-26-50-52(37-46)68(14,15)31-30-66(50,10)11/h20-29,34-39,41-42H,18-19,30-33H2,1-17H3. The third-order valence-corrected chi connectivity index (χ3v) is 20.5. The van der Waals surface area contributed by atoms with Crippen LogP contribution in [-0.4, -0.2) is 6.71 Å². The smallest absolute Gasteiger partial charge is 0.264 e. The number of thiophene rings is 1. The maximum absolute atomic E-state index is 2.76. The monoisotopic (exact) mass is 981 g/mol. The number of benzene rings is 6. The Morgan fingerprint density at radius 1 is 0.534 bits per heavy atom. The summed E-state index contributed by atoms with van der Waals surface area (Å²) in [6, 6.07) is 40.4. The Morgan fingerprint density at radius 2 is 1.08 bits per heavy atom. The molecule has 0 saturated carbocycles. The summed E-state index contributed by atoms with van der Waals surface area (Å²) < 4.78 is 2.91. The molecule has 6 aromatic carbocycles. The van der Waals surface area contributed by atoms with E-state index in [4.69, 9.17) is 0 Å². The molecule has 2 unspecified atom stereocenters. The summed E-state index contributed by atoms with van der Waals surface area (Å²) in [7, 11) is 0. The molecule has 3 heterocycles. The average molecular weight is 981 g/mol. The Kier molecular flexibility index (Phi) is 10.7. The number of hydrogen-bond donors (Lipinski definition) is 0. The van der Waals surface area contributed by atoms with Gasteiger partial charge >= 0.3 is 0 Å². The van der Waals surface area contributed by atoms with Gasteiger partial charge in [-0.1, -0.05) is 159 Å². The summed E-state index contributed by atoms with van der Waals surface area (Å²) in [5.74, 6) is 1.10. The highest BCUT2D eigenvalue weighted by Crippen LogP contribution is 2.57. The number of fused-ring (bicyclic) bond motifs is 9. The summed E-state index contributed by atoms with van der Waals surface area (Å²) in [5, 5.41) is 1.42. The van der Waals surface area contributed by atoms with Crippen LogP contribution in [0.2, 0.25) is 0 Å². The Labute approximate surface area is 444 Å². The van der Waals surface area contributed by atoms with E-state index in [0.717, 1.165) is 6.42 Å². The Bertz CT molecular complexity index is 3430. The van der Waals surface area contributed by atoms with E-state index >= 15 is 0 Å². The van der Waals surface area contributed by atoms with Gasteiger partial charge in [0, 0.05) is 43.2 Å². The second kappa shape index (κ2) is 16.0. The van der Waals surface area contributed by atoms with Crippen molar-refractivity contribution in [3.63, 3.8) is 0 Å². The molecular weight excluding hydrogens is 900 g/mol. The molecule has 3 aliphatic carbocycles. The first kappa shape index (κ1) is 48.9. The minimum Gasteiger partial charge on any atom is -0.311 e. The molecule has 0 spiro atoms. The summed E-state index contributed by atoms with van der Waals surface area (Å²) in [5.41, 5.74) is 26.9. The number of aryl methyl sites for hydroxylation is 1. The quantitative estimate of drug-likeness (QED) is 0.163. The Hall–Kier alpha value is -5.06. The highest BCUT2D eigenvalue weighted by molar-refractivity contribution is 7.33. The first-order chi connectivity index (χ1) is 34.2. The van der Waals surface area contributed by atoms with E-state index in [1.165, 1.54) is 142 Å². The van der Waals surface area contributed by atoms with Crippen LogP contribution in [0.4, 0.5) is 34.1 Å². The number of anilines is 6. The van der Waals surface area contributed by atoms with Gasteiger partial charge in [-0.05, 0) is 205 Å². The summed E-state index contributed by atoms with van der Waals surface area (Å²) >= 11 is 2.08. The van der Waals surface area contributed by atoms with E-state index in [-0.39, 0.29) is 39.2 Å². The van der Waals surface area contributed by atoms with Crippen molar-refractivity contribution in [1.82, 2.24) is 0 Å². The highest BCUT2D eigenvalue weighted by atomic mass is 32.1. The topological polar surface area (TPSA) is 6.48 Å². The predicted molar refractivity (Wildman–Crippen MR) is 320 cm³/mol. The lowest BCUT2D eigenvalue weighted by molar-refractivity contribution is 0.332. The zero-order valence-electron chi connectivity index (χ0n) is 47.5. The maximum Gasteiger partial charge on any atom is 0.264 e. The molecule has 0 radical (unpaired) electrons. The number of nitrogens with zero attached hydrogens (tertiary/aromatic N) is 2. The molecule has 0 amide bonds. The van der Waals surface area contributed by atoms with Crippen molar-refractivity contribution >= 4 is 78.0 Å². The summed E-state index contributed by atoms with van der Waals surface area (Å²) in [6.45, 7) is 41.4. The predicted octanol–water partition coefficient (Wildman–Crippen LogP) is 18.3.